The Balaban J connectivity index is 1.76. The van der Waals surface area contributed by atoms with Crippen molar-refractivity contribution < 1.29 is 22.7 Å². The van der Waals surface area contributed by atoms with Gasteiger partial charge in [-0.1, -0.05) is 11.6 Å². The van der Waals surface area contributed by atoms with E-state index in [9.17, 15) is 13.6 Å². The van der Waals surface area contributed by atoms with Crippen LogP contribution >= 0.6 is 27.5 Å². The molecule has 0 bridgehead atoms. The van der Waals surface area contributed by atoms with Gasteiger partial charge >= 0.3 is 11.9 Å². The highest BCUT2D eigenvalue weighted by Gasteiger charge is 2.45. The minimum absolute atomic E-state index is 0.110. The van der Waals surface area contributed by atoms with Crippen molar-refractivity contribution in [3.8, 4) is 28.9 Å². The summed E-state index contributed by atoms with van der Waals surface area (Å²) in [4.78, 5) is 21.3. The zero-order valence-corrected chi connectivity index (χ0v) is 17.2. The van der Waals surface area contributed by atoms with Crippen molar-refractivity contribution in [2.24, 2.45) is 0 Å². The van der Waals surface area contributed by atoms with E-state index >= 15 is 0 Å². The van der Waals surface area contributed by atoms with Crippen molar-refractivity contribution in [1.29, 1.82) is 0 Å². The van der Waals surface area contributed by atoms with Crippen molar-refractivity contribution in [3.63, 3.8) is 0 Å². The van der Waals surface area contributed by atoms with Gasteiger partial charge in [0.15, 0.2) is 17.3 Å². The van der Waals surface area contributed by atoms with Crippen molar-refractivity contribution in [1.82, 2.24) is 19.7 Å². The molecule has 4 heterocycles. The Hall–Kier alpha value is -3.05. The highest BCUT2D eigenvalue weighted by atomic mass is 79.9. The molecule has 0 unspecified atom stereocenters. The van der Waals surface area contributed by atoms with Crippen LogP contribution in [0.15, 0.2) is 44.3 Å². The SMILES string of the molecule is Cc1cc2c(c3c(=O)oc(-c4cc(Br)nn4-c4ncccc4Cl)nc13)OC(F)(F)O2. The maximum absolute atomic E-state index is 13.5. The van der Waals surface area contributed by atoms with E-state index in [1.807, 2.05) is 0 Å². The molecule has 30 heavy (non-hydrogen) atoms. The summed E-state index contributed by atoms with van der Waals surface area (Å²) in [6, 6.07) is 6.15. The minimum atomic E-state index is -3.88. The normalized spacial score (nSPS) is 14.4. The summed E-state index contributed by atoms with van der Waals surface area (Å²) in [5.41, 5.74) is -0.117. The van der Waals surface area contributed by atoms with Crippen molar-refractivity contribution in [3.05, 3.63) is 56.1 Å². The minimum Gasteiger partial charge on any atom is -0.401 e. The summed E-state index contributed by atoms with van der Waals surface area (Å²) in [5.74, 6) is -0.511. The van der Waals surface area contributed by atoms with Crippen molar-refractivity contribution in [2.75, 3.05) is 0 Å². The first-order valence-corrected chi connectivity index (χ1v) is 9.52. The Morgan fingerprint density at radius 1 is 1.27 bits per heavy atom. The molecule has 0 radical (unpaired) electrons. The van der Waals surface area contributed by atoms with Gasteiger partial charge in [0, 0.05) is 12.3 Å². The fourth-order valence-electron chi connectivity index (χ4n) is 3.11. The second-order valence-corrected chi connectivity index (χ2v) is 7.51. The van der Waals surface area contributed by atoms with E-state index in [0.717, 1.165) is 0 Å². The molecule has 0 amide bonds. The summed E-state index contributed by atoms with van der Waals surface area (Å²) < 4.78 is 43.1. The third-order valence-electron chi connectivity index (χ3n) is 4.30. The lowest BCUT2D eigenvalue weighted by Crippen LogP contribution is -2.26. The zero-order chi connectivity index (χ0) is 21.2. The molecule has 12 heteroatoms. The molecule has 3 aromatic heterocycles. The summed E-state index contributed by atoms with van der Waals surface area (Å²) in [5, 5.41) is 4.33. The highest BCUT2D eigenvalue weighted by molar-refractivity contribution is 9.10. The van der Waals surface area contributed by atoms with Gasteiger partial charge in [-0.05, 0) is 46.6 Å². The number of rotatable bonds is 2. The number of halogens is 4. The predicted octanol–water partition coefficient (Wildman–Crippen LogP) is 4.48. The van der Waals surface area contributed by atoms with Gasteiger partial charge in [0.25, 0.3) is 0 Å². The summed E-state index contributed by atoms with van der Waals surface area (Å²) >= 11 is 9.48. The van der Waals surface area contributed by atoms with Crippen molar-refractivity contribution >= 4 is 38.4 Å². The Morgan fingerprint density at radius 2 is 2.07 bits per heavy atom. The lowest BCUT2D eigenvalue weighted by Gasteiger charge is -2.08. The van der Waals surface area contributed by atoms with E-state index in [1.165, 1.54) is 16.9 Å². The average Bonchev–Trinajstić information content (AvgIpc) is 3.20. The van der Waals surface area contributed by atoms with E-state index in [4.69, 9.17) is 16.0 Å². The Morgan fingerprint density at radius 3 is 2.83 bits per heavy atom. The number of ether oxygens (including phenoxy) is 2. The highest BCUT2D eigenvalue weighted by Crippen LogP contribution is 2.45. The van der Waals surface area contributed by atoms with Crippen LogP contribution in [0.5, 0.6) is 11.5 Å². The zero-order valence-electron chi connectivity index (χ0n) is 14.8. The van der Waals surface area contributed by atoms with E-state index in [1.54, 1.807) is 25.1 Å². The van der Waals surface area contributed by atoms with Gasteiger partial charge in [-0.15, -0.1) is 8.78 Å². The molecule has 8 nitrogen and oxygen atoms in total. The third kappa shape index (κ3) is 2.92. The summed E-state index contributed by atoms with van der Waals surface area (Å²) in [6.07, 6.45) is -2.36. The van der Waals surface area contributed by atoms with Crippen LogP contribution in [0.2, 0.25) is 5.02 Å². The van der Waals surface area contributed by atoms with Gasteiger partial charge in [0.1, 0.15) is 15.7 Å². The largest absolute Gasteiger partial charge is 0.586 e. The van der Waals surface area contributed by atoms with E-state index in [2.05, 4.69) is 40.5 Å². The molecule has 0 saturated heterocycles. The quantitative estimate of drug-likeness (QED) is 0.403. The van der Waals surface area contributed by atoms with Crippen LogP contribution in [-0.2, 0) is 0 Å². The third-order valence-corrected chi connectivity index (χ3v) is 4.99. The Bertz CT molecular complexity index is 1410. The Kier molecular flexibility index (Phi) is 4.09. The van der Waals surface area contributed by atoms with Crippen molar-refractivity contribution in [2.45, 2.75) is 13.2 Å². The molecule has 0 aliphatic carbocycles. The number of fused-ring (bicyclic) bond motifs is 3. The first kappa shape index (κ1) is 18.9. The van der Waals surface area contributed by atoms with Gasteiger partial charge in [-0.2, -0.15) is 5.10 Å². The smallest absolute Gasteiger partial charge is 0.401 e. The number of aromatic nitrogens is 4. The molecule has 0 atom stereocenters. The molecular weight excluding hydrogens is 490 g/mol. The summed E-state index contributed by atoms with van der Waals surface area (Å²) in [6.45, 7) is 1.60. The topological polar surface area (TPSA) is 92.3 Å². The maximum atomic E-state index is 13.5. The molecule has 4 aromatic rings. The first-order valence-electron chi connectivity index (χ1n) is 8.34. The van der Waals surface area contributed by atoms with Gasteiger partial charge in [-0.3, -0.25) is 0 Å². The predicted molar refractivity (Wildman–Crippen MR) is 104 cm³/mol. The number of hydrogen-bond acceptors (Lipinski definition) is 7. The maximum Gasteiger partial charge on any atom is 0.586 e. The lowest BCUT2D eigenvalue weighted by atomic mass is 10.1. The van der Waals surface area contributed by atoms with Crippen LogP contribution in [0.25, 0.3) is 28.3 Å². The molecule has 1 aliphatic heterocycles. The van der Waals surface area contributed by atoms with Gasteiger partial charge in [-0.25, -0.2) is 19.4 Å². The molecular formula is C18H8BrClF2N4O4. The second kappa shape index (κ2) is 6.47. The molecule has 0 fully saturated rings. The number of hydrogen-bond donors (Lipinski definition) is 0. The fraction of sp³-hybridized carbons (Fsp3) is 0.111. The Labute approximate surface area is 179 Å². The molecule has 0 spiro atoms. The number of aryl methyl sites for hydroxylation is 1. The standard InChI is InChI=1S/C18H8BrClF2N4O4/c1-7-5-10-14(30-18(21,22)29-10)12-13(7)24-16(28-17(12)27)9-6-11(19)25-26(9)15-8(20)3-2-4-23-15/h2-6H,1H3. The van der Waals surface area contributed by atoms with Crippen LogP contribution in [0.4, 0.5) is 8.78 Å². The molecule has 5 rings (SSSR count). The second-order valence-electron chi connectivity index (χ2n) is 6.29. The van der Waals surface area contributed by atoms with Gasteiger partial charge < -0.3 is 13.9 Å². The fourth-order valence-corrected chi connectivity index (χ4v) is 3.69. The monoisotopic (exact) mass is 496 g/mol. The van der Waals surface area contributed by atoms with E-state index in [0.29, 0.717) is 15.2 Å². The van der Waals surface area contributed by atoms with E-state index < -0.39 is 17.7 Å². The van der Waals surface area contributed by atoms with Crippen LogP contribution in [0.1, 0.15) is 5.56 Å². The first-order chi connectivity index (χ1) is 14.2. The number of benzene rings is 1. The number of pyridine rings is 1. The van der Waals surface area contributed by atoms with Gasteiger partial charge in [0.05, 0.1) is 10.5 Å². The number of alkyl halides is 2. The molecule has 1 aliphatic rings. The van der Waals surface area contributed by atoms with Crippen LogP contribution in [0.3, 0.4) is 0 Å². The van der Waals surface area contributed by atoms with Crippen LogP contribution < -0.4 is 15.1 Å². The molecule has 0 N–H and O–H groups in total. The molecule has 1 aromatic carbocycles. The number of nitrogens with zero attached hydrogens (tertiary/aromatic N) is 4. The molecule has 0 saturated carbocycles. The van der Waals surface area contributed by atoms with Crippen LogP contribution in [0, 0.1) is 6.92 Å². The van der Waals surface area contributed by atoms with Gasteiger partial charge in [0.2, 0.25) is 5.89 Å². The van der Waals surface area contributed by atoms with Crippen LogP contribution in [-0.4, -0.2) is 26.0 Å². The van der Waals surface area contributed by atoms with E-state index in [-0.39, 0.29) is 34.1 Å². The average molecular weight is 498 g/mol. The summed E-state index contributed by atoms with van der Waals surface area (Å²) in [7, 11) is 0. The molecule has 152 valence electrons. The lowest BCUT2D eigenvalue weighted by molar-refractivity contribution is -0.286.